The van der Waals surface area contributed by atoms with Gasteiger partial charge < -0.3 is 5.32 Å². The van der Waals surface area contributed by atoms with Crippen LogP contribution in [-0.2, 0) is 6.54 Å². The monoisotopic (exact) mass is 290 g/mol. The van der Waals surface area contributed by atoms with Gasteiger partial charge in [0.2, 0.25) is 0 Å². The van der Waals surface area contributed by atoms with Gasteiger partial charge in [-0.05, 0) is 19.5 Å². The molecule has 0 saturated carbocycles. The van der Waals surface area contributed by atoms with Crippen molar-refractivity contribution >= 4 is 17.4 Å². The minimum atomic E-state index is 0.362. The van der Waals surface area contributed by atoms with Crippen LogP contribution in [0.5, 0.6) is 0 Å². The number of aromatic nitrogens is 2. The Morgan fingerprint density at radius 3 is 2.75 bits per heavy atom. The Kier molecular flexibility index (Phi) is 5.32. The first-order chi connectivity index (χ1) is 9.66. The molecule has 0 aliphatic rings. The van der Waals surface area contributed by atoms with Gasteiger partial charge in [-0.2, -0.15) is 0 Å². The molecule has 0 bridgehead atoms. The zero-order chi connectivity index (χ0) is 14.4. The van der Waals surface area contributed by atoms with Crippen LogP contribution in [0.1, 0.15) is 12.5 Å². The zero-order valence-electron chi connectivity index (χ0n) is 11.8. The van der Waals surface area contributed by atoms with Gasteiger partial charge in [-0.25, -0.2) is 9.97 Å². The predicted octanol–water partition coefficient (Wildman–Crippen LogP) is 3.06. The highest BCUT2D eigenvalue weighted by Gasteiger charge is 2.10. The number of halogens is 1. The van der Waals surface area contributed by atoms with Crippen LogP contribution in [0.4, 0.5) is 5.82 Å². The number of hydrogen-bond acceptors (Lipinski definition) is 4. The van der Waals surface area contributed by atoms with Gasteiger partial charge in [-0.3, -0.25) is 4.90 Å². The Hall–Kier alpha value is -1.65. The van der Waals surface area contributed by atoms with Crippen molar-refractivity contribution in [1.29, 1.82) is 0 Å². The molecule has 0 amide bonds. The van der Waals surface area contributed by atoms with Crippen LogP contribution in [0.15, 0.2) is 42.9 Å². The number of nitrogens with zero attached hydrogens (tertiary/aromatic N) is 3. The number of rotatable bonds is 6. The molecule has 0 aliphatic carbocycles. The number of anilines is 1. The van der Waals surface area contributed by atoms with Crippen molar-refractivity contribution in [2.45, 2.75) is 19.5 Å². The summed E-state index contributed by atoms with van der Waals surface area (Å²) in [5, 5.41) is 3.80. The topological polar surface area (TPSA) is 41.1 Å². The maximum absolute atomic E-state index is 6.02. The van der Waals surface area contributed by atoms with Crippen molar-refractivity contribution in [2.24, 2.45) is 0 Å². The maximum Gasteiger partial charge on any atom is 0.148 e. The summed E-state index contributed by atoms with van der Waals surface area (Å²) in [6.07, 6.45) is 3.09. The predicted molar refractivity (Wildman–Crippen MR) is 82.9 cm³/mol. The molecule has 1 atom stereocenters. The van der Waals surface area contributed by atoms with Crippen molar-refractivity contribution < 1.29 is 0 Å². The molecule has 2 rings (SSSR count). The van der Waals surface area contributed by atoms with E-state index in [-0.39, 0.29) is 0 Å². The van der Waals surface area contributed by atoms with E-state index in [1.807, 2.05) is 6.07 Å². The van der Waals surface area contributed by atoms with Gasteiger partial charge in [0.15, 0.2) is 0 Å². The largest absolute Gasteiger partial charge is 0.367 e. The SMILES string of the molecule is CC(CNc1ncncc1Cl)N(C)Cc1ccccc1. The average molecular weight is 291 g/mol. The van der Waals surface area contributed by atoms with Gasteiger partial charge in [0.05, 0.1) is 6.20 Å². The highest BCUT2D eigenvalue weighted by Crippen LogP contribution is 2.16. The molecule has 5 heteroatoms. The van der Waals surface area contributed by atoms with Crippen LogP contribution in [0.3, 0.4) is 0 Å². The zero-order valence-corrected chi connectivity index (χ0v) is 12.5. The van der Waals surface area contributed by atoms with Gasteiger partial charge in [-0.15, -0.1) is 0 Å². The van der Waals surface area contributed by atoms with E-state index in [2.05, 4.69) is 58.4 Å². The van der Waals surface area contributed by atoms with Gasteiger partial charge in [0.1, 0.15) is 17.2 Å². The summed E-state index contributed by atoms with van der Waals surface area (Å²) in [5.74, 6) is 0.682. The summed E-state index contributed by atoms with van der Waals surface area (Å²) in [6.45, 7) is 3.87. The quantitative estimate of drug-likeness (QED) is 0.888. The van der Waals surface area contributed by atoms with E-state index in [0.717, 1.165) is 13.1 Å². The van der Waals surface area contributed by atoms with E-state index in [0.29, 0.717) is 16.9 Å². The Morgan fingerprint density at radius 1 is 1.30 bits per heavy atom. The molecular weight excluding hydrogens is 272 g/mol. The summed E-state index contributed by atoms with van der Waals surface area (Å²) < 4.78 is 0. The summed E-state index contributed by atoms with van der Waals surface area (Å²) in [6, 6.07) is 10.8. The molecule has 1 unspecified atom stereocenters. The van der Waals surface area contributed by atoms with Crippen molar-refractivity contribution in [2.75, 3.05) is 18.9 Å². The molecule has 1 N–H and O–H groups in total. The van der Waals surface area contributed by atoms with Crippen LogP contribution in [-0.4, -0.2) is 34.5 Å². The first-order valence-corrected chi connectivity index (χ1v) is 6.98. The van der Waals surface area contributed by atoms with Crippen LogP contribution in [0.25, 0.3) is 0 Å². The molecule has 0 saturated heterocycles. The summed E-state index contributed by atoms with van der Waals surface area (Å²) in [4.78, 5) is 10.3. The smallest absolute Gasteiger partial charge is 0.148 e. The van der Waals surface area contributed by atoms with Crippen molar-refractivity contribution in [3.63, 3.8) is 0 Å². The van der Waals surface area contributed by atoms with Crippen molar-refractivity contribution in [1.82, 2.24) is 14.9 Å². The van der Waals surface area contributed by atoms with Crippen molar-refractivity contribution in [3.8, 4) is 0 Å². The first kappa shape index (κ1) is 14.8. The van der Waals surface area contributed by atoms with Gasteiger partial charge >= 0.3 is 0 Å². The van der Waals surface area contributed by atoms with Crippen LogP contribution < -0.4 is 5.32 Å². The van der Waals surface area contributed by atoms with Crippen LogP contribution >= 0.6 is 11.6 Å². The molecule has 0 aliphatic heterocycles. The summed E-state index contributed by atoms with van der Waals surface area (Å²) in [7, 11) is 2.11. The third kappa shape index (κ3) is 4.18. The Balaban J connectivity index is 1.85. The molecule has 0 spiro atoms. The highest BCUT2D eigenvalue weighted by molar-refractivity contribution is 6.32. The third-order valence-corrected chi connectivity index (χ3v) is 3.54. The molecule has 1 heterocycles. The second-order valence-electron chi connectivity index (χ2n) is 4.85. The fourth-order valence-corrected chi connectivity index (χ4v) is 2.04. The summed E-state index contributed by atoms with van der Waals surface area (Å²) in [5.41, 5.74) is 1.31. The lowest BCUT2D eigenvalue weighted by Gasteiger charge is -2.25. The lowest BCUT2D eigenvalue weighted by atomic mass is 10.2. The van der Waals surface area contributed by atoms with Crippen LogP contribution in [0, 0.1) is 0 Å². The number of likely N-dealkylation sites (N-methyl/N-ethyl adjacent to an activating group) is 1. The third-order valence-electron chi connectivity index (χ3n) is 3.26. The second-order valence-corrected chi connectivity index (χ2v) is 5.26. The molecule has 4 nitrogen and oxygen atoms in total. The Labute approximate surface area is 124 Å². The normalized spacial score (nSPS) is 12.4. The molecule has 106 valence electrons. The fraction of sp³-hybridized carbons (Fsp3) is 0.333. The van der Waals surface area contributed by atoms with Gasteiger partial charge in [-0.1, -0.05) is 41.9 Å². The Morgan fingerprint density at radius 2 is 2.05 bits per heavy atom. The van der Waals surface area contributed by atoms with E-state index < -0.39 is 0 Å². The lowest BCUT2D eigenvalue weighted by molar-refractivity contribution is 0.259. The van der Waals surface area contributed by atoms with Gasteiger partial charge in [0, 0.05) is 19.1 Å². The van der Waals surface area contributed by atoms with E-state index in [1.54, 1.807) is 6.20 Å². The fourth-order valence-electron chi connectivity index (χ4n) is 1.87. The Bertz CT molecular complexity index is 532. The molecule has 1 aromatic heterocycles. The standard InChI is InChI=1S/C15H19ClN4/c1-12(8-18-15-14(16)9-17-11-19-15)20(2)10-13-6-4-3-5-7-13/h3-7,9,11-12H,8,10H2,1-2H3,(H,17,18,19). The minimum Gasteiger partial charge on any atom is -0.367 e. The second kappa shape index (κ2) is 7.22. The molecule has 0 radical (unpaired) electrons. The van der Waals surface area contributed by atoms with Crippen molar-refractivity contribution in [3.05, 3.63) is 53.4 Å². The first-order valence-electron chi connectivity index (χ1n) is 6.60. The van der Waals surface area contributed by atoms with E-state index in [1.165, 1.54) is 11.9 Å². The minimum absolute atomic E-state index is 0.362. The lowest BCUT2D eigenvalue weighted by Crippen LogP contribution is -2.34. The van der Waals surface area contributed by atoms with Gasteiger partial charge in [0.25, 0.3) is 0 Å². The summed E-state index contributed by atoms with van der Waals surface area (Å²) >= 11 is 6.02. The number of benzene rings is 1. The number of hydrogen-bond donors (Lipinski definition) is 1. The number of nitrogens with one attached hydrogen (secondary N) is 1. The van der Waals surface area contributed by atoms with Crippen LogP contribution in [0.2, 0.25) is 5.02 Å². The molecule has 1 aromatic carbocycles. The van der Waals surface area contributed by atoms with E-state index >= 15 is 0 Å². The molecule has 2 aromatic rings. The van der Waals surface area contributed by atoms with E-state index in [9.17, 15) is 0 Å². The average Bonchev–Trinajstić information content (AvgIpc) is 2.47. The molecule has 20 heavy (non-hydrogen) atoms. The maximum atomic E-state index is 6.02. The van der Waals surface area contributed by atoms with E-state index in [4.69, 9.17) is 11.6 Å². The molecule has 0 fully saturated rings. The highest BCUT2D eigenvalue weighted by atomic mass is 35.5. The molecular formula is C15H19ClN4.